The van der Waals surface area contributed by atoms with E-state index in [0.717, 1.165) is 37.3 Å². The fourth-order valence-corrected chi connectivity index (χ4v) is 2.80. The van der Waals surface area contributed by atoms with Crippen LogP contribution in [0.15, 0.2) is 42.7 Å². The van der Waals surface area contributed by atoms with Crippen LogP contribution in [0.25, 0.3) is 5.69 Å². The van der Waals surface area contributed by atoms with Gasteiger partial charge in [-0.25, -0.2) is 4.68 Å². The van der Waals surface area contributed by atoms with Gasteiger partial charge in [-0.2, -0.15) is 5.10 Å². The molecule has 0 saturated carbocycles. The quantitative estimate of drug-likeness (QED) is 0.849. The molecule has 2 heterocycles. The highest BCUT2D eigenvalue weighted by atomic mass is 35.5. The molecular formula is C17H23ClN4O. The highest BCUT2D eigenvalue weighted by Gasteiger charge is 2.14. The molecule has 0 spiro atoms. The third kappa shape index (κ3) is 5.08. The van der Waals surface area contributed by atoms with E-state index < -0.39 is 0 Å². The van der Waals surface area contributed by atoms with Gasteiger partial charge in [-0.3, -0.25) is 4.79 Å². The van der Waals surface area contributed by atoms with E-state index in [0.29, 0.717) is 12.3 Å². The Labute approximate surface area is 142 Å². The first-order valence-corrected chi connectivity index (χ1v) is 7.87. The first kappa shape index (κ1) is 17.5. The van der Waals surface area contributed by atoms with E-state index in [1.165, 1.54) is 6.42 Å². The van der Waals surface area contributed by atoms with Crippen LogP contribution < -0.4 is 10.6 Å². The number of rotatable bonds is 6. The molecule has 2 N–H and O–H groups in total. The summed E-state index contributed by atoms with van der Waals surface area (Å²) in [6.45, 7) is 2.95. The van der Waals surface area contributed by atoms with E-state index >= 15 is 0 Å². The standard InChI is InChI=1S/C17H22N4O.ClH/c22-17(19-9-7-14-6-8-18-11-14)10-15-12-20-21(13-15)16-4-2-1-3-5-16;/h1-5,12-14,18H,6-11H2,(H,19,22);1H. The summed E-state index contributed by atoms with van der Waals surface area (Å²) >= 11 is 0. The molecule has 1 aliphatic heterocycles. The minimum absolute atomic E-state index is 0. The maximum Gasteiger partial charge on any atom is 0.224 e. The molecule has 5 nitrogen and oxygen atoms in total. The number of carbonyl (C=O) groups excluding carboxylic acids is 1. The summed E-state index contributed by atoms with van der Waals surface area (Å²) in [7, 11) is 0. The van der Waals surface area contributed by atoms with Gasteiger partial charge in [0.15, 0.2) is 0 Å². The van der Waals surface area contributed by atoms with E-state index in [2.05, 4.69) is 15.7 Å². The fraction of sp³-hybridized carbons (Fsp3) is 0.412. The molecule has 1 unspecified atom stereocenters. The van der Waals surface area contributed by atoms with Crippen LogP contribution in [0.2, 0.25) is 0 Å². The van der Waals surface area contributed by atoms with E-state index in [1.807, 2.05) is 36.5 Å². The number of hydrogen-bond acceptors (Lipinski definition) is 3. The number of halogens is 1. The van der Waals surface area contributed by atoms with E-state index in [4.69, 9.17) is 0 Å². The minimum atomic E-state index is 0. The third-order valence-electron chi connectivity index (χ3n) is 4.06. The van der Waals surface area contributed by atoms with Crippen molar-refractivity contribution in [1.82, 2.24) is 20.4 Å². The van der Waals surface area contributed by atoms with Crippen LogP contribution in [0, 0.1) is 5.92 Å². The topological polar surface area (TPSA) is 59.0 Å². The first-order valence-electron chi connectivity index (χ1n) is 7.87. The summed E-state index contributed by atoms with van der Waals surface area (Å²) in [4.78, 5) is 12.0. The molecule has 0 radical (unpaired) electrons. The van der Waals surface area contributed by atoms with Gasteiger partial charge in [0.05, 0.1) is 18.3 Å². The second-order valence-electron chi connectivity index (χ2n) is 5.80. The molecule has 1 aromatic carbocycles. The van der Waals surface area contributed by atoms with Gasteiger partial charge in [0, 0.05) is 12.7 Å². The summed E-state index contributed by atoms with van der Waals surface area (Å²) in [6.07, 6.45) is 6.33. The molecule has 0 aliphatic carbocycles. The van der Waals surface area contributed by atoms with Crippen LogP contribution in [0.1, 0.15) is 18.4 Å². The number of nitrogens with one attached hydrogen (secondary N) is 2. The average molecular weight is 335 g/mol. The molecule has 1 fully saturated rings. The van der Waals surface area contributed by atoms with Gasteiger partial charge >= 0.3 is 0 Å². The molecule has 124 valence electrons. The number of nitrogens with zero attached hydrogens (tertiary/aromatic N) is 2. The minimum Gasteiger partial charge on any atom is -0.356 e. The van der Waals surface area contributed by atoms with Crippen LogP contribution in [0.4, 0.5) is 0 Å². The molecule has 2 aromatic rings. The van der Waals surface area contributed by atoms with E-state index in [-0.39, 0.29) is 18.3 Å². The Morgan fingerprint density at radius 1 is 1.35 bits per heavy atom. The summed E-state index contributed by atoms with van der Waals surface area (Å²) in [5.74, 6) is 0.777. The van der Waals surface area contributed by atoms with Crippen molar-refractivity contribution in [3.05, 3.63) is 48.3 Å². The molecule has 1 amide bonds. The van der Waals surface area contributed by atoms with Crippen molar-refractivity contribution >= 4 is 18.3 Å². The second kappa shape index (κ2) is 8.70. The van der Waals surface area contributed by atoms with Crippen LogP contribution in [-0.4, -0.2) is 35.3 Å². The largest absolute Gasteiger partial charge is 0.356 e. The molecule has 3 rings (SSSR count). The molecule has 1 saturated heterocycles. The van der Waals surface area contributed by atoms with Crippen molar-refractivity contribution in [2.45, 2.75) is 19.3 Å². The highest BCUT2D eigenvalue weighted by molar-refractivity contribution is 5.85. The number of carbonyl (C=O) groups is 1. The van der Waals surface area contributed by atoms with Gasteiger partial charge in [0.25, 0.3) is 0 Å². The predicted molar refractivity (Wildman–Crippen MR) is 93.1 cm³/mol. The number of hydrogen-bond donors (Lipinski definition) is 2. The van der Waals surface area contributed by atoms with E-state index in [9.17, 15) is 4.79 Å². The van der Waals surface area contributed by atoms with Crippen LogP contribution in [-0.2, 0) is 11.2 Å². The van der Waals surface area contributed by atoms with Gasteiger partial charge in [-0.05, 0) is 49.5 Å². The summed E-state index contributed by atoms with van der Waals surface area (Å²) in [5.41, 5.74) is 1.94. The van der Waals surface area contributed by atoms with Gasteiger partial charge in [0.1, 0.15) is 0 Å². The maximum atomic E-state index is 12.0. The fourth-order valence-electron chi connectivity index (χ4n) is 2.80. The Balaban J connectivity index is 0.00000192. The smallest absolute Gasteiger partial charge is 0.224 e. The van der Waals surface area contributed by atoms with Crippen molar-refractivity contribution in [2.75, 3.05) is 19.6 Å². The van der Waals surface area contributed by atoms with Crippen LogP contribution in [0.5, 0.6) is 0 Å². The van der Waals surface area contributed by atoms with Gasteiger partial charge in [0.2, 0.25) is 5.91 Å². The lowest BCUT2D eigenvalue weighted by Gasteiger charge is -2.08. The average Bonchev–Trinajstić information content (AvgIpc) is 3.20. The summed E-state index contributed by atoms with van der Waals surface area (Å²) in [5, 5.41) is 10.7. The molecule has 1 atom stereocenters. The first-order chi connectivity index (χ1) is 10.8. The number of para-hydroxylation sites is 1. The summed E-state index contributed by atoms with van der Waals surface area (Å²) in [6, 6.07) is 9.91. The molecule has 1 aromatic heterocycles. The monoisotopic (exact) mass is 334 g/mol. The number of benzene rings is 1. The summed E-state index contributed by atoms with van der Waals surface area (Å²) < 4.78 is 1.80. The predicted octanol–water partition coefficient (Wildman–Crippen LogP) is 1.95. The highest BCUT2D eigenvalue weighted by Crippen LogP contribution is 2.11. The van der Waals surface area contributed by atoms with Crippen LogP contribution in [0.3, 0.4) is 0 Å². The van der Waals surface area contributed by atoms with Gasteiger partial charge < -0.3 is 10.6 Å². The molecule has 6 heteroatoms. The normalized spacial score (nSPS) is 16.8. The van der Waals surface area contributed by atoms with Crippen molar-refractivity contribution in [1.29, 1.82) is 0 Å². The van der Waals surface area contributed by atoms with Crippen LogP contribution >= 0.6 is 12.4 Å². The van der Waals surface area contributed by atoms with Crippen molar-refractivity contribution in [3.63, 3.8) is 0 Å². The zero-order valence-corrected chi connectivity index (χ0v) is 13.9. The Bertz CT molecular complexity index is 608. The molecule has 1 aliphatic rings. The number of aromatic nitrogens is 2. The Morgan fingerprint density at radius 2 is 2.17 bits per heavy atom. The molecule has 23 heavy (non-hydrogen) atoms. The lowest BCUT2D eigenvalue weighted by Crippen LogP contribution is -2.27. The SMILES string of the molecule is Cl.O=C(Cc1cnn(-c2ccccc2)c1)NCCC1CCNC1. The zero-order chi connectivity index (χ0) is 15.2. The Kier molecular flexibility index (Phi) is 6.62. The van der Waals surface area contributed by atoms with E-state index in [1.54, 1.807) is 10.9 Å². The van der Waals surface area contributed by atoms with Crippen molar-refractivity contribution in [3.8, 4) is 5.69 Å². The van der Waals surface area contributed by atoms with Crippen molar-refractivity contribution in [2.24, 2.45) is 5.92 Å². The van der Waals surface area contributed by atoms with Crippen molar-refractivity contribution < 1.29 is 4.79 Å². The van der Waals surface area contributed by atoms with Gasteiger partial charge in [-0.15, -0.1) is 12.4 Å². The van der Waals surface area contributed by atoms with Gasteiger partial charge in [-0.1, -0.05) is 18.2 Å². The number of amides is 1. The zero-order valence-electron chi connectivity index (χ0n) is 13.1. The molecular weight excluding hydrogens is 312 g/mol. The second-order valence-corrected chi connectivity index (χ2v) is 5.80. The lowest BCUT2D eigenvalue weighted by molar-refractivity contribution is -0.120. The Hall–Kier alpha value is -1.85. The Morgan fingerprint density at radius 3 is 2.91 bits per heavy atom. The maximum absolute atomic E-state index is 12.0. The lowest BCUT2D eigenvalue weighted by atomic mass is 10.1. The molecule has 0 bridgehead atoms. The third-order valence-corrected chi connectivity index (χ3v) is 4.06.